The predicted octanol–water partition coefficient (Wildman–Crippen LogP) is 2.56. The van der Waals surface area contributed by atoms with E-state index in [1.54, 1.807) is 35.7 Å². The molecule has 30 heavy (non-hydrogen) atoms. The number of amides is 1. The number of likely N-dealkylation sites (tertiary alicyclic amines) is 1. The van der Waals surface area contributed by atoms with Crippen LogP contribution in [0.5, 0.6) is 0 Å². The van der Waals surface area contributed by atoms with Crippen molar-refractivity contribution in [1.82, 2.24) is 9.47 Å². The van der Waals surface area contributed by atoms with E-state index < -0.39 is 5.63 Å². The highest BCUT2D eigenvalue weighted by atomic mass is 16.5. The number of piperidine rings is 1. The average molecular weight is 412 g/mol. The maximum absolute atomic E-state index is 13.1. The molecule has 2 aromatic rings. The Morgan fingerprint density at radius 2 is 1.73 bits per heavy atom. The largest absolute Gasteiger partial charge is 0.427 e. The Morgan fingerprint density at radius 3 is 2.37 bits per heavy atom. The van der Waals surface area contributed by atoms with Crippen molar-refractivity contribution in [2.75, 3.05) is 26.3 Å². The summed E-state index contributed by atoms with van der Waals surface area (Å²) in [5, 5.41) is 0. The van der Waals surface area contributed by atoms with Crippen LogP contribution < -0.4 is 11.2 Å². The molecule has 160 valence electrons. The van der Waals surface area contributed by atoms with Gasteiger partial charge in [0.1, 0.15) is 11.3 Å². The van der Waals surface area contributed by atoms with E-state index in [1.807, 2.05) is 12.1 Å². The van der Waals surface area contributed by atoms with E-state index in [2.05, 4.69) is 0 Å². The van der Waals surface area contributed by atoms with Crippen LogP contribution in [0.1, 0.15) is 64.8 Å². The summed E-state index contributed by atoms with van der Waals surface area (Å²) < 4.78 is 12.5. The number of pyridine rings is 1. The third-order valence-corrected chi connectivity index (χ3v) is 6.39. The van der Waals surface area contributed by atoms with Gasteiger partial charge in [0.15, 0.2) is 0 Å². The number of hydrogen-bond acceptors (Lipinski definition) is 5. The molecule has 0 saturated carbocycles. The van der Waals surface area contributed by atoms with Crippen molar-refractivity contribution < 1.29 is 13.9 Å². The third kappa shape index (κ3) is 4.12. The Morgan fingerprint density at radius 1 is 1.03 bits per heavy atom. The first-order chi connectivity index (χ1) is 14.4. The second-order valence-corrected chi connectivity index (χ2v) is 8.36. The molecular formula is C23H28N2O5. The van der Waals surface area contributed by atoms with E-state index in [4.69, 9.17) is 9.15 Å². The van der Waals surface area contributed by atoms with Crippen molar-refractivity contribution in [1.29, 1.82) is 0 Å². The van der Waals surface area contributed by atoms with Crippen molar-refractivity contribution in [2.24, 2.45) is 7.05 Å². The van der Waals surface area contributed by atoms with Crippen LogP contribution in [0, 0.1) is 6.92 Å². The van der Waals surface area contributed by atoms with Gasteiger partial charge in [-0.1, -0.05) is 0 Å². The maximum Gasteiger partial charge on any atom is 0.349 e. The van der Waals surface area contributed by atoms with Crippen molar-refractivity contribution in [3.05, 3.63) is 67.6 Å². The second-order valence-electron chi connectivity index (χ2n) is 8.36. The number of carbonyl (C=O) groups is 1. The molecule has 2 fully saturated rings. The summed E-state index contributed by atoms with van der Waals surface area (Å²) in [7, 11) is 1.73. The topological polar surface area (TPSA) is 81.8 Å². The van der Waals surface area contributed by atoms with Gasteiger partial charge in [0, 0.05) is 51.5 Å². The van der Waals surface area contributed by atoms with Crippen LogP contribution in [0.4, 0.5) is 0 Å². The van der Waals surface area contributed by atoms with Crippen molar-refractivity contribution in [3.63, 3.8) is 0 Å². The van der Waals surface area contributed by atoms with E-state index in [0.717, 1.165) is 31.2 Å². The maximum atomic E-state index is 13.1. The van der Waals surface area contributed by atoms with Crippen LogP contribution in [0.3, 0.4) is 0 Å². The monoisotopic (exact) mass is 412 g/mol. The third-order valence-electron chi connectivity index (χ3n) is 6.39. The van der Waals surface area contributed by atoms with Crippen LogP contribution in [0.25, 0.3) is 0 Å². The minimum Gasteiger partial charge on any atom is -0.427 e. The van der Waals surface area contributed by atoms with Crippen LogP contribution in [-0.4, -0.2) is 41.7 Å². The zero-order chi connectivity index (χ0) is 21.3. The molecule has 0 aliphatic carbocycles. The summed E-state index contributed by atoms with van der Waals surface area (Å²) in [6.07, 6.45) is 4.97. The van der Waals surface area contributed by atoms with Gasteiger partial charge in [-0.05, 0) is 61.8 Å². The molecule has 0 N–H and O–H groups in total. The number of rotatable bonds is 3. The highest BCUT2D eigenvalue weighted by Crippen LogP contribution is 2.29. The first kappa shape index (κ1) is 20.6. The molecule has 2 aliphatic rings. The second kappa shape index (κ2) is 8.60. The molecule has 1 amide bonds. The zero-order valence-corrected chi connectivity index (χ0v) is 17.6. The van der Waals surface area contributed by atoms with E-state index >= 15 is 0 Å². The van der Waals surface area contributed by atoms with Gasteiger partial charge < -0.3 is 18.6 Å². The minimum absolute atomic E-state index is 0.0242. The number of hydrogen-bond donors (Lipinski definition) is 0. The lowest BCUT2D eigenvalue weighted by molar-refractivity contribution is 0.0701. The highest BCUT2D eigenvalue weighted by molar-refractivity contribution is 5.95. The van der Waals surface area contributed by atoms with E-state index in [1.165, 1.54) is 0 Å². The summed E-state index contributed by atoms with van der Waals surface area (Å²) in [6.45, 7) is 4.24. The van der Waals surface area contributed by atoms with Crippen LogP contribution in [-0.2, 0) is 11.8 Å². The molecule has 0 aromatic carbocycles. The summed E-state index contributed by atoms with van der Waals surface area (Å²) in [4.78, 5) is 39.4. The molecule has 7 heteroatoms. The zero-order valence-electron chi connectivity index (χ0n) is 17.6. The van der Waals surface area contributed by atoms with E-state index in [9.17, 15) is 14.4 Å². The SMILES string of the molecule is Cc1cc(C2CCOCC2)oc(=O)c1C(=O)N1CCC(c2ccn(C)c(=O)c2)CC1. The lowest BCUT2D eigenvalue weighted by Gasteiger charge is -2.32. The Hall–Kier alpha value is -2.67. The number of aryl methyl sites for hydroxylation is 2. The Kier molecular flexibility index (Phi) is 5.90. The van der Waals surface area contributed by atoms with E-state index in [0.29, 0.717) is 37.6 Å². The highest BCUT2D eigenvalue weighted by Gasteiger charge is 2.29. The Balaban J connectivity index is 1.46. The normalized spacial score (nSPS) is 18.5. The Labute approximate surface area is 175 Å². The molecule has 0 spiro atoms. The van der Waals surface area contributed by atoms with Gasteiger partial charge >= 0.3 is 5.63 Å². The minimum atomic E-state index is -0.546. The summed E-state index contributed by atoms with van der Waals surface area (Å²) in [6, 6.07) is 5.49. The molecule has 2 aromatic heterocycles. The van der Waals surface area contributed by atoms with Crippen LogP contribution >= 0.6 is 0 Å². The Bertz CT molecular complexity index is 1040. The van der Waals surface area contributed by atoms with Gasteiger partial charge in [0.2, 0.25) is 0 Å². The van der Waals surface area contributed by atoms with Crippen molar-refractivity contribution in [2.45, 2.75) is 44.4 Å². The van der Waals surface area contributed by atoms with Crippen molar-refractivity contribution in [3.8, 4) is 0 Å². The predicted molar refractivity (Wildman–Crippen MR) is 112 cm³/mol. The van der Waals surface area contributed by atoms with E-state index in [-0.39, 0.29) is 28.9 Å². The van der Waals surface area contributed by atoms with Crippen LogP contribution in [0.15, 0.2) is 38.4 Å². The molecule has 2 aliphatic heterocycles. The number of aromatic nitrogens is 1. The molecule has 0 radical (unpaired) electrons. The van der Waals surface area contributed by atoms with Gasteiger partial charge in [0.25, 0.3) is 11.5 Å². The molecular weight excluding hydrogens is 384 g/mol. The van der Waals surface area contributed by atoms with Crippen LogP contribution in [0.2, 0.25) is 0 Å². The molecule has 7 nitrogen and oxygen atoms in total. The molecule has 2 saturated heterocycles. The van der Waals surface area contributed by atoms with Gasteiger partial charge in [-0.15, -0.1) is 0 Å². The lowest BCUT2D eigenvalue weighted by Crippen LogP contribution is -2.40. The standard InChI is InChI=1S/C23H28N2O5/c1-15-13-19(17-6-11-29-12-7-17)30-23(28)21(15)22(27)25-9-4-16(5-10-25)18-3-8-24(2)20(26)14-18/h3,8,13-14,16-17H,4-7,9-12H2,1-2H3. The first-order valence-corrected chi connectivity index (χ1v) is 10.6. The molecule has 0 atom stereocenters. The smallest absolute Gasteiger partial charge is 0.349 e. The molecule has 4 rings (SSSR count). The summed E-state index contributed by atoms with van der Waals surface area (Å²) in [5.41, 5.74) is 1.25. The fourth-order valence-corrected chi connectivity index (χ4v) is 4.47. The van der Waals surface area contributed by atoms with Gasteiger partial charge in [-0.2, -0.15) is 0 Å². The first-order valence-electron chi connectivity index (χ1n) is 10.6. The van der Waals surface area contributed by atoms with Gasteiger partial charge in [-0.25, -0.2) is 4.79 Å². The lowest BCUT2D eigenvalue weighted by atomic mass is 9.89. The molecule has 0 bridgehead atoms. The average Bonchev–Trinajstić information content (AvgIpc) is 2.76. The fourth-order valence-electron chi connectivity index (χ4n) is 4.47. The summed E-state index contributed by atoms with van der Waals surface area (Å²) in [5.74, 6) is 0.809. The van der Waals surface area contributed by atoms with Gasteiger partial charge in [-0.3, -0.25) is 9.59 Å². The number of nitrogens with zero attached hydrogens (tertiary/aromatic N) is 2. The quantitative estimate of drug-likeness (QED) is 0.774. The summed E-state index contributed by atoms with van der Waals surface area (Å²) >= 11 is 0. The molecule has 0 unspecified atom stereocenters. The molecule has 4 heterocycles. The number of carbonyl (C=O) groups excluding carboxylic acids is 1. The fraction of sp³-hybridized carbons (Fsp3) is 0.522. The number of ether oxygens (including phenoxy) is 1. The van der Waals surface area contributed by atoms with Crippen molar-refractivity contribution >= 4 is 5.91 Å². The van der Waals surface area contributed by atoms with Gasteiger partial charge in [0.05, 0.1) is 0 Å².